The lowest BCUT2D eigenvalue weighted by atomic mass is 9.95. The van der Waals surface area contributed by atoms with Crippen molar-refractivity contribution >= 4 is 45.0 Å². The van der Waals surface area contributed by atoms with Crippen molar-refractivity contribution in [1.82, 2.24) is 29.7 Å². The van der Waals surface area contributed by atoms with Gasteiger partial charge in [-0.15, -0.1) is 0 Å². The average molecular weight is 793 g/mol. The summed E-state index contributed by atoms with van der Waals surface area (Å²) in [5, 5.41) is 12.0. The van der Waals surface area contributed by atoms with Crippen LogP contribution >= 0.6 is 11.6 Å². The third kappa shape index (κ3) is 7.59. The SMILES string of the molecule is N#CC[C@H]1CN(c2nc(OC[C@@]34CCCN3C[C@H](F)C4)nc3c(F)c(-c4cccc5cccc(Cl)c45)ncc23)CCN1C(=O)/C=C/CN1CC[C@@H](OC(F)F)C1. The van der Waals surface area contributed by atoms with E-state index >= 15 is 4.39 Å². The maximum absolute atomic E-state index is 16.9. The molecule has 0 radical (unpaired) electrons. The van der Waals surface area contributed by atoms with Gasteiger partial charge in [0.1, 0.15) is 29.8 Å². The van der Waals surface area contributed by atoms with Crippen molar-refractivity contribution in [3.63, 3.8) is 0 Å². The molecule has 0 N–H and O–H groups in total. The number of pyridine rings is 1. The summed E-state index contributed by atoms with van der Waals surface area (Å²) in [6, 6.07) is 12.5. The van der Waals surface area contributed by atoms with E-state index in [0.717, 1.165) is 24.8 Å². The van der Waals surface area contributed by atoms with E-state index in [1.165, 1.54) is 12.3 Å². The van der Waals surface area contributed by atoms with Crippen molar-refractivity contribution in [3.8, 4) is 23.3 Å². The number of nitrogens with zero attached hydrogens (tertiary/aromatic N) is 8. The van der Waals surface area contributed by atoms with E-state index in [-0.39, 0.29) is 49.2 Å². The second kappa shape index (κ2) is 16.1. The summed E-state index contributed by atoms with van der Waals surface area (Å²) in [4.78, 5) is 35.0. The van der Waals surface area contributed by atoms with Crippen LogP contribution in [0.25, 0.3) is 32.9 Å². The number of nitriles is 1. The quantitative estimate of drug-likeness (QED) is 0.125. The van der Waals surface area contributed by atoms with Crippen LogP contribution < -0.4 is 9.64 Å². The molecule has 4 aliphatic rings. The van der Waals surface area contributed by atoms with Gasteiger partial charge in [-0.1, -0.05) is 48.0 Å². The molecule has 0 unspecified atom stereocenters. The fraction of sp³-hybridized carbons (Fsp3) is 0.475. The lowest BCUT2D eigenvalue weighted by Gasteiger charge is -2.41. The summed E-state index contributed by atoms with van der Waals surface area (Å²) >= 11 is 6.63. The molecule has 16 heteroatoms. The van der Waals surface area contributed by atoms with Crippen LogP contribution in [0.2, 0.25) is 5.02 Å². The summed E-state index contributed by atoms with van der Waals surface area (Å²) in [6.45, 7) is 0.501. The van der Waals surface area contributed by atoms with Gasteiger partial charge in [-0.05, 0) is 37.3 Å². The predicted octanol–water partition coefficient (Wildman–Crippen LogP) is 6.39. The Bertz CT molecular complexity index is 2190. The highest BCUT2D eigenvalue weighted by atomic mass is 35.5. The molecule has 4 aliphatic heterocycles. The minimum absolute atomic E-state index is 0.0176. The first-order chi connectivity index (χ1) is 27.1. The van der Waals surface area contributed by atoms with E-state index in [9.17, 15) is 23.2 Å². The van der Waals surface area contributed by atoms with E-state index in [2.05, 4.69) is 25.7 Å². The number of halogens is 5. The minimum Gasteiger partial charge on any atom is -0.461 e. The van der Waals surface area contributed by atoms with Gasteiger partial charge in [-0.3, -0.25) is 19.6 Å². The average Bonchev–Trinajstić information content (AvgIpc) is 3.87. The maximum Gasteiger partial charge on any atom is 0.345 e. The second-order valence-corrected chi connectivity index (χ2v) is 15.4. The molecule has 4 fully saturated rings. The van der Waals surface area contributed by atoms with Gasteiger partial charge < -0.3 is 19.3 Å². The smallest absolute Gasteiger partial charge is 0.345 e. The first-order valence-corrected chi connectivity index (χ1v) is 19.3. The summed E-state index contributed by atoms with van der Waals surface area (Å²) in [5.41, 5.74) is 0.0402. The summed E-state index contributed by atoms with van der Waals surface area (Å²) in [6.07, 6.45) is 5.70. The number of benzene rings is 2. The van der Waals surface area contributed by atoms with E-state index in [4.69, 9.17) is 21.3 Å². The van der Waals surface area contributed by atoms with Gasteiger partial charge in [0, 0.05) is 80.5 Å². The van der Waals surface area contributed by atoms with Crippen LogP contribution in [0.15, 0.2) is 54.7 Å². The number of fused-ring (bicyclic) bond motifs is 3. The Kier molecular flexibility index (Phi) is 11.0. The third-order valence-electron chi connectivity index (χ3n) is 11.5. The van der Waals surface area contributed by atoms with Crippen LogP contribution in [0.1, 0.15) is 32.1 Å². The Balaban J connectivity index is 1.09. The molecule has 1 amide bonds. The number of hydrogen-bond acceptors (Lipinski definition) is 10. The Morgan fingerprint density at radius 1 is 1.11 bits per heavy atom. The number of likely N-dealkylation sites (tertiary alicyclic amines) is 1. The van der Waals surface area contributed by atoms with E-state index in [1.54, 1.807) is 23.1 Å². The Hall–Kier alpha value is -4.62. The number of carbonyl (C=O) groups excluding carboxylic acids is 1. The van der Waals surface area contributed by atoms with Crippen molar-refractivity contribution in [1.29, 1.82) is 5.26 Å². The van der Waals surface area contributed by atoms with Crippen molar-refractivity contribution < 1.29 is 31.8 Å². The molecule has 0 aliphatic carbocycles. The summed E-state index contributed by atoms with van der Waals surface area (Å²) in [5.74, 6) is -0.628. The van der Waals surface area contributed by atoms with Crippen molar-refractivity contribution in [2.75, 3.05) is 63.9 Å². The molecule has 0 spiro atoms. The standard InChI is InChI=1S/C40H41ClF4N8O3/c41-31-8-2-6-25-5-1-7-29(33(25)31)35-34(43)36-30(20-47-35)37(49-39(48-36)55-24-40-12-4-15-52(40)21-26(42)19-40)51-17-18-53(27(22-51)10-13-46)32(54)9-3-14-50-16-11-28(23-50)56-38(44)45/h1-3,5-9,20,26-28,38H,4,10-12,14-19,21-24H2/b9-3+/t26-,27+,28-,40+/m1/s1. The van der Waals surface area contributed by atoms with Crippen molar-refractivity contribution in [2.45, 2.75) is 62.6 Å². The molecule has 0 saturated carbocycles. The Morgan fingerprint density at radius 3 is 2.77 bits per heavy atom. The maximum atomic E-state index is 16.9. The van der Waals surface area contributed by atoms with Crippen LogP contribution in [0, 0.1) is 17.1 Å². The highest BCUT2D eigenvalue weighted by molar-refractivity contribution is 6.36. The van der Waals surface area contributed by atoms with E-state index in [0.29, 0.717) is 72.7 Å². The van der Waals surface area contributed by atoms with Crippen LogP contribution in [-0.2, 0) is 9.53 Å². The molecule has 0 bridgehead atoms. The minimum atomic E-state index is -2.82. The number of piperazine rings is 1. The molecular formula is C40H41ClF4N8O3. The first-order valence-electron chi connectivity index (χ1n) is 18.9. The number of ether oxygens (including phenoxy) is 2. The monoisotopic (exact) mass is 792 g/mol. The van der Waals surface area contributed by atoms with Gasteiger partial charge in [-0.25, -0.2) is 8.78 Å². The molecule has 56 heavy (non-hydrogen) atoms. The lowest BCUT2D eigenvalue weighted by molar-refractivity contribution is -0.158. The van der Waals surface area contributed by atoms with Gasteiger partial charge in [0.15, 0.2) is 5.82 Å². The third-order valence-corrected chi connectivity index (χ3v) is 11.8. The van der Waals surface area contributed by atoms with Gasteiger partial charge in [0.25, 0.3) is 0 Å². The van der Waals surface area contributed by atoms with E-state index < -0.39 is 36.3 Å². The number of anilines is 1. The number of carbonyl (C=O) groups is 1. The van der Waals surface area contributed by atoms with E-state index in [1.807, 2.05) is 34.1 Å². The van der Waals surface area contributed by atoms with Gasteiger partial charge in [0.05, 0.1) is 35.6 Å². The second-order valence-electron chi connectivity index (χ2n) is 15.0. The van der Waals surface area contributed by atoms with Crippen molar-refractivity contribution in [3.05, 3.63) is 65.6 Å². The zero-order valence-corrected chi connectivity index (χ0v) is 31.4. The molecule has 2 aromatic heterocycles. The number of amides is 1. The van der Waals surface area contributed by atoms with Crippen molar-refractivity contribution in [2.24, 2.45) is 0 Å². The Morgan fingerprint density at radius 2 is 1.95 bits per heavy atom. The molecule has 2 aromatic carbocycles. The normalized spacial score (nSPS) is 24.6. The molecule has 4 aromatic rings. The molecule has 8 rings (SSSR count). The number of aromatic nitrogens is 3. The highest BCUT2D eigenvalue weighted by Crippen LogP contribution is 2.41. The van der Waals surface area contributed by atoms with Gasteiger partial charge in [0.2, 0.25) is 5.91 Å². The molecule has 294 valence electrons. The Labute approximate surface area is 326 Å². The summed E-state index contributed by atoms with van der Waals surface area (Å²) < 4.78 is 67.7. The zero-order chi connectivity index (χ0) is 39.0. The molecule has 11 nitrogen and oxygen atoms in total. The lowest BCUT2D eigenvalue weighted by Crippen LogP contribution is -2.55. The van der Waals surface area contributed by atoms with Crippen LogP contribution in [0.3, 0.4) is 0 Å². The predicted molar refractivity (Wildman–Crippen MR) is 203 cm³/mol. The highest BCUT2D eigenvalue weighted by Gasteiger charge is 2.49. The number of alkyl halides is 3. The topological polar surface area (TPSA) is 111 Å². The van der Waals surface area contributed by atoms with Crippen LogP contribution in [0.5, 0.6) is 6.01 Å². The molecule has 4 atom stereocenters. The molecule has 4 saturated heterocycles. The van der Waals surface area contributed by atoms with Gasteiger partial charge in [-0.2, -0.15) is 24.0 Å². The zero-order valence-electron chi connectivity index (χ0n) is 30.6. The van der Waals surface area contributed by atoms with Crippen LogP contribution in [-0.4, -0.2) is 125 Å². The molecule has 6 heterocycles. The number of rotatable bonds is 11. The van der Waals surface area contributed by atoms with Crippen LogP contribution in [0.4, 0.5) is 23.4 Å². The number of hydrogen-bond donors (Lipinski definition) is 0. The fourth-order valence-electron chi connectivity index (χ4n) is 8.89. The summed E-state index contributed by atoms with van der Waals surface area (Å²) in [7, 11) is 0. The fourth-order valence-corrected chi connectivity index (χ4v) is 9.17. The molecular weight excluding hydrogens is 752 g/mol. The largest absolute Gasteiger partial charge is 0.461 e. The first kappa shape index (κ1) is 38.3. The van der Waals surface area contributed by atoms with Gasteiger partial charge >= 0.3 is 12.6 Å².